The van der Waals surface area contributed by atoms with E-state index in [0.29, 0.717) is 17.9 Å². The van der Waals surface area contributed by atoms with Crippen molar-refractivity contribution >= 4 is 9.84 Å². The van der Waals surface area contributed by atoms with Crippen LogP contribution in [-0.4, -0.2) is 37.8 Å². The monoisotopic (exact) mass is 462 g/mol. The van der Waals surface area contributed by atoms with Gasteiger partial charge in [-0.3, -0.25) is 4.90 Å². The standard InChI is InChI=1S/C27H30N2O3S/c1-32-28-26-18-17-24-25(33(30,31)23-15-9-4-10-16-23)19-27(26,22-13-7-3-8-14-22)29(24)20-21-11-5-2-6-12-21/h2-16,24-26,28H,17-20H2,1H3. The van der Waals surface area contributed by atoms with Gasteiger partial charge in [0.15, 0.2) is 9.84 Å². The van der Waals surface area contributed by atoms with Crippen LogP contribution in [0, 0.1) is 0 Å². The number of sulfone groups is 1. The highest BCUT2D eigenvalue weighted by Crippen LogP contribution is 2.54. The van der Waals surface area contributed by atoms with Gasteiger partial charge in [0, 0.05) is 12.6 Å². The van der Waals surface area contributed by atoms with Crippen LogP contribution in [-0.2, 0) is 26.8 Å². The predicted octanol–water partition coefficient (Wildman–Crippen LogP) is 4.31. The molecular weight excluding hydrogens is 432 g/mol. The molecule has 3 aromatic carbocycles. The summed E-state index contributed by atoms with van der Waals surface area (Å²) in [5.41, 5.74) is 5.05. The maximum atomic E-state index is 13.9. The number of hydrogen-bond acceptors (Lipinski definition) is 5. The van der Waals surface area contributed by atoms with Crippen molar-refractivity contribution in [3.8, 4) is 0 Å². The van der Waals surface area contributed by atoms with Crippen LogP contribution in [0.3, 0.4) is 0 Å². The Balaban J connectivity index is 1.66. The molecule has 2 bridgehead atoms. The maximum Gasteiger partial charge on any atom is 0.182 e. The largest absolute Gasteiger partial charge is 0.305 e. The van der Waals surface area contributed by atoms with Gasteiger partial charge >= 0.3 is 0 Å². The van der Waals surface area contributed by atoms with E-state index >= 15 is 0 Å². The summed E-state index contributed by atoms with van der Waals surface area (Å²) in [6, 6.07) is 29.5. The van der Waals surface area contributed by atoms with Crippen molar-refractivity contribution in [1.82, 2.24) is 10.4 Å². The Morgan fingerprint density at radius 3 is 2.15 bits per heavy atom. The first-order valence-corrected chi connectivity index (χ1v) is 13.1. The molecule has 2 heterocycles. The third-order valence-corrected chi connectivity index (χ3v) is 9.59. The second-order valence-corrected chi connectivity index (χ2v) is 11.2. The number of rotatable bonds is 7. The summed E-state index contributed by atoms with van der Waals surface area (Å²) in [6.45, 7) is 0.684. The van der Waals surface area contributed by atoms with Gasteiger partial charge < -0.3 is 4.84 Å². The first-order chi connectivity index (χ1) is 16.1. The topological polar surface area (TPSA) is 58.6 Å². The fourth-order valence-electron chi connectivity index (χ4n) is 5.97. The number of hydroxylamine groups is 1. The van der Waals surface area contributed by atoms with Crippen LogP contribution < -0.4 is 5.48 Å². The summed E-state index contributed by atoms with van der Waals surface area (Å²) in [6.07, 6.45) is 2.16. The van der Waals surface area contributed by atoms with Crippen LogP contribution in [0.1, 0.15) is 30.4 Å². The molecule has 2 aliphatic heterocycles. The molecule has 3 aromatic rings. The second kappa shape index (κ2) is 9.03. The van der Waals surface area contributed by atoms with Crippen LogP contribution in [0.15, 0.2) is 95.9 Å². The lowest BCUT2D eigenvalue weighted by Crippen LogP contribution is -2.60. The minimum Gasteiger partial charge on any atom is -0.305 e. The quantitative estimate of drug-likeness (QED) is 0.530. The highest BCUT2D eigenvalue weighted by molar-refractivity contribution is 7.92. The number of piperidine rings is 1. The normalized spacial score (nSPS) is 27.5. The summed E-state index contributed by atoms with van der Waals surface area (Å²) >= 11 is 0. The van der Waals surface area contributed by atoms with E-state index in [1.165, 1.54) is 5.56 Å². The van der Waals surface area contributed by atoms with E-state index in [1.807, 2.05) is 42.5 Å². The van der Waals surface area contributed by atoms with Gasteiger partial charge in [-0.1, -0.05) is 78.9 Å². The van der Waals surface area contributed by atoms with Crippen LogP contribution >= 0.6 is 0 Å². The highest BCUT2D eigenvalue weighted by Gasteiger charge is 2.62. The molecule has 0 aromatic heterocycles. The number of nitrogens with zero attached hydrogens (tertiary/aromatic N) is 1. The zero-order valence-electron chi connectivity index (χ0n) is 18.8. The molecule has 0 saturated carbocycles. The molecule has 2 saturated heterocycles. The average molecular weight is 463 g/mol. The van der Waals surface area contributed by atoms with E-state index in [2.05, 4.69) is 34.6 Å². The molecule has 1 N–H and O–H groups in total. The smallest absolute Gasteiger partial charge is 0.182 e. The SMILES string of the molecule is CONC1CCC2C(S(=O)(=O)c3ccccc3)CC1(c1ccccc1)N2Cc1ccccc1. The average Bonchev–Trinajstić information content (AvgIpc) is 3.08. The number of nitrogens with one attached hydrogen (secondary N) is 1. The van der Waals surface area contributed by atoms with Crippen molar-refractivity contribution < 1.29 is 13.3 Å². The zero-order chi connectivity index (χ0) is 22.9. The van der Waals surface area contributed by atoms with Crippen LogP contribution in [0.25, 0.3) is 0 Å². The summed E-state index contributed by atoms with van der Waals surface area (Å²) in [4.78, 5) is 8.29. The fourth-order valence-corrected chi connectivity index (χ4v) is 8.02. The Morgan fingerprint density at radius 2 is 1.52 bits per heavy atom. The first kappa shape index (κ1) is 22.3. The third-order valence-electron chi connectivity index (χ3n) is 7.38. The lowest BCUT2D eigenvalue weighted by atomic mass is 9.77. The summed E-state index contributed by atoms with van der Waals surface area (Å²) in [7, 11) is -1.87. The van der Waals surface area contributed by atoms with Crippen molar-refractivity contribution in [3.05, 3.63) is 102 Å². The molecule has 0 spiro atoms. The van der Waals surface area contributed by atoms with Gasteiger partial charge in [-0.25, -0.2) is 8.42 Å². The van der Waals surface area contributed by atoms with Gasteiger partial charge in [-0.05, 0) is 42.5 Å². The molecular formula is C27H30N2O3S. The minimum atomic E-state index is -3.51. The predicted molar refractivity (Wildman–Crippen MR) is 129 cm³/mol. The summed E-state index contributed by atoms with van der Waals surface area (Å²) in [5, 5.41) is -0.493. The summed E-state index contributed by atoms with van der Waals surface area (Å²) < 4.78 is 27.9. The lowest BCUT2D eigenvalue weighted by Gasteiger charge is -2.50. The molecule has 2 fully saturated rings. The fraction of sp³-hybridized carbons (Fsp3) is 0.333. The van der Waals surface area contributed by atoms with Gasteiger partial charge in [0.2, 0.25) is 0 Å². The van der Waals surface area contributed by atoms with E-state index in [0.717, 1.165) is 18.4 Å². The van der Waals surface area contributed by atoms with Gasteiger partial charge in [0.05, 0.1) is 28.8 Å². The third kappa shape index (κ3) is 3.81. The van der Waals surface area contributed by atoms with Crippen molar-refractivity contribution in [1.29, 1.82) is 0 Å². The van der Waals surface area contributed by atoms with Crippen LogP contribution in [0.4, 0.5) is 0 Å². The Bertz CT molecular complexity index is 1170. The Kier molecular flexibility index (Phi) is 6.10. The molecule has 5 rings (SSSR count). The van der Waals surface area contributed by atoms with E-state index in [-0.39, 0.29) is 12.1 Å². The number of benzene rings is 3. The first-order valence-electron chi connectivity index (χ1n) is 11.5. The van der Waals surface area contributed by atoms with E-state index < -0.39 is 20.6 Å². The molecule has 172 valence electrons. The highest BCUT2D eigenvalue weighted by atomic mass is 32.2. The number of hydrogen-bond donors (Lipinski definition) is 1. The maximum absolute atomic E-state index is 13.9. The molecule has 6 heteroatoms. The molecule has 33 heavy (non-hydrogen) atoms. The molecule has 5 nitrogen and oxygen atoms in total. The van der Waals surface area contributed by atoms with Gasteiger partial charge in [0.1, 0.15) is 0 Å². The van der Waals surface area contributed by atoms with Crippen LogP contribution in [0.5, 0.6) is 0 Å². The van der Waals surface area contributed by atoms with Gasteiger partial charge in [0.25, 0.3) is 0 Å². The molecule has 0 radical (unpaired) electrons. The van der Waals surface area contributed by atoms with Gasteiger partial charge in [-0.15, -0.1) is 0 Å². The zero-order valence-corrected chi connectivity index (χ0v) is 19.6. The van der Waals surface area contributed by atoms with Crippen LogP contribution in [0.2, 0.25) is 0 Å². The van der Waals surface area contributed by atoms with Crippen molar-refractivity contribution in [2.24, 2.45) is 0 Å². The number of fused-ring (bicyclic) bond motifs is 2. The van der Waals surface area contributed by atoms with Gasteiger partial charge in [-0.2, -0.15) is 5.48 Å². The van der Waals surface area contributed by atoms with Crippen molar-refractivity contribution in [2.75, 3.05) is 7.11 Å². The van der Waals surface area contributed by atoms with Crippen molar-refractivity contribution in [2.45, 2.75) is 53.6 Å². The molecule has 0 aliphatic carbocycles. The Morgan fingerprint density at radius 1 is 0.909 bits per heavy atom. The molecule has 4 atom stereocenters. The summed E-state index contributed by atoms with van der Waals surface area (Å²) in [5.74, 6) is 0. The van der Waals surface area contributed by atoms with E-state index in [1.54, 1.807) is 31.4 Å². The lowest BCUT2D eigenvalue weighted by molar-refractivity contribution is -0.0534. The molecule has 4 unspecified atom stereocenters. The molecule has 2 aliphatic rings. The van der Waals surface area contributed by atoms with Crippen molar-refractivity contribution in [3.63, 3.8) is 0 Å². The Labute approximate surface area is 196 Å². The van der Waals surface area contributed by atoms with E-state index in [4.69, 9.17) is 4.84 Å². The minimum absolute atomic E-state index is 0.0270. The molecule has 0 amide bonds. The van der Waals surface area contributed by atoms with E-state index in [9.17, 15) is 8.42 Å². The Hall–Kier alpha value is -2.51. The second-order valence-electron chi connectivity index (χ2n) is 9.02.